The van der Waals surface area contributed by atoms with E-state index in [1.807, 2.05) is 0 Å². The first-order valence-electron chi connectivity index (χ1n) is 3.77. The molecule has 59 valence electrons. The summed E-state index contributed by atoms with van der Waals surface area (Å²) in [7, 11) is 9.81. The zero-order valence-electron chi connectivity index (χ0n) is 6.87. The molecule has 0 rings (SSSR count). The maximum atomic E-state index is 4.90. The topological polar surface area (TPSA) is 0 Å². The van der Waals surface area contributed by atoms with E-state index in [9.17, 15) is 0 Å². The van der Waals surface area contributed by atoms with Gasteiger partial charge in [0.15, 0.2) is 0 Å². The van der Waals surface area contributed by atoms with Crippen LogP contribution >= 0.6 is 18.1 Å². The maximum Gasteiger partial charge on any atom is 0.618 e. The summed E-state index contributed by atoms with van der Waals surface area (Å²) >= 11 is -0.639. The summed E-state index contributed by atoms with van der Waals surface area (Å²) in [6.45, 7) is 4.43. The summed E-state index contributed by atoms with van der Waals surface area (Å²) in [5.41, 5.74) is 0. The minimum absolute atomic E-state index is 0.639. The first-order valence-corrected chi connectivity index (χ1v) is 8.04. The average molecular weight is 194 g/mol. The largest absolute Gasteiger partial charge is 0.618 e. The number of halogens is 2. The van der Waals surface area contributed by atoms with E-state index in [-0.39, 0.29) is 0 Å². The summed E-state index contributed by atoms with van der Waals surface area (Å²) < 4.78 is 0. The van der Waals surface area contributed by atoms with Crippen molar-refractivity contribution in [3.63, 3.8) is 0 Å². The van der Waals surface area contributed by atoms with Gasteiger partial charge in [-0.3, -0.25) is 0 Å². The molecule has 0 amide bonds. The van der Waals surface area contributed by atoms with E-state index >= 15 is 0 Å². The summed E-state index contributed by atoms with van der Waals surface area (Å²) in [5.74, 6) is 0. The molecule has 0 bridgehead atoms. The van der Waals surface area contributed by atoms with E-state index in [0.717, 1.165) is 0 Å². The van der Waals surface area contributed by atoms with Crippen LogP contribution < -0.4 is 0 Å². The normalized spacial score (nSPS) is 7.60. The Bertz CT molecular complexity index is 38.6. The van der Waals surface area contributed by atoms with Gasteiger partial charge in [-0.05, 0) is 6.42 Å². The smallest absolute Gasteiger partial charge is 0.309 e. The van der Waals surface area contributed by atoms with E-state index in [0.29, 0.717) is 0 Å². The first kappa shape index (κ1) is 13.9. The molecule has 0 aliphatic heterocycles. The van der Waals surface area contributed by atoms with Gasteiger partial charge < -0.3 is 18.1 Å². The van der Waals surface area contributed by atoms with Gasteiger partial charge in [0, 0.05) is 0 Å². The van der Waals surface area contributed by atoms with Crippen molar-refractivity contribution in [1.82, 2.24) is 0 Å². The van der Waals surface area contributed by atoms with Crippen LogP contribution in [0.15, 0.2) is 0 Å². The third kappa shape index (κ3) is 22.8. The summed E-state index contributed by atoms with van der Waals surface area (Å²) in [5, 5.41) is 0. The van der Waals surface area contributed by atoms with Crippen molar-refractivity contribution in [2.24, 2.45) is 0 Å². The van der Waals surface area contributed by atoms with Crippen LogP contribution in [0.5, 0.6) is 0 Å². The van der Waals surface area contributed by atoms with Gasteiger partial charge in [-0.15, -0.1) is 0 Å². The molecular formula is C7H15Cl2Mg. The second kappa shape index (κ2) is 16.7. The molecule has 1 radical (unpaired) electrons. The van der Waals surface area contributed by atoms with Crippen molar-refractivity contribution in [2.45, 2.75) is 39.5 Å². The summed E-state index contributed by atoms with van der Waals surface area (Å²) in [4.78, 5) is 0. The second-order valence-electron chi connectivity index (χ2n) is 1.97. The fraction of sp³-hybridized carbons (Fsp3) is 0.857. The van der Waals surface area contributed by atoms with E-state index in [4.69, 9.17) is 18.1 Å². The molecule has 0 aromatic rings. The molecule has 0 saturated heterocycles. The van der Waals surface area contributed by atoms with Crippen molar-refractivity contribution < 1.29 is 0 Å². The fourth-order valence-electron chi connectivity index (χ4n) is 0.553. The highest BCUT2D eigenvalue weighted by atomic mass is 35.6. The fourth-order valence-corrected chi connectivity index (χ4v) is 0.553. The Kier molecular flexibility index (Phi) is 23.3. The van der Waals surface area contributed by atoms with E-state index < -0.39 is 18.2 Å². The van der Waals surface area contributed by atoms with Gasteiger partial charge in [0.1, 0.15) is 0 Å². The van der Waals surface area contributed by atoms with Crippen molar-refractivity contribution in [2.75, 3.05) is 0 Å². The highest BCUT2D eigenvalue weighted by Gasteiger charge is 1.80. The second-order valence-corrected chi connectivity index (χ2v) is 4.59. The van der Waals surface area contributed by atoms with Gasteiger partial charge in [0.25, 0.3) is 0 Å². The Morgan fingerprint density at radius 1 is 1.10 bits per heavy atom. The van der Waals surface area contributed by atoms with Crippen molar-refractivity contribution >= 4 is 36.3 Å². The van der Waals surface area contributed by atoms with Crippen molar-refractivity contribution in [3.8, 4) is 0 Å². The van der Waals surface area contributed by atoms with E-state index in [2.05, 4.69) is 20.3 Å². The third-order valence-corrected chi connectivity index (χ3v) is 0.986. The zero-order chi connectivity index (χ0) is 8.24. The minimum Gasteiger partial charge on any atom is -0.309 e. The zero-order valence-corrected chi connectivity index (χ0v) is 9.79. The molecule has 0 aromatic heterocycles. The number of rotatable bonds is 4. The van der Waals surface area contributed by atoms with Crippen LogP contribution in [0.4, 0.5) is 0 Å². The first-order chi connectivity index (χ1) is 4.83. The van der Waals surface area contributed by atoms with Crippen LogP contribution in [0.3, 0.4) is 0 Å². The Balaban J connectivity index is 0. The summed E-state index contributed by atoms with van der Waals surface area (Å²) in [6, 6.07) is 0. The molecule has 10 heavy (non-hydrogen) atoms. The van der Waals surface area contributed by atoms with Gasteiger partial charge in [-0.2, -0.15) is 0 Å². The lowest BCUT2D eigenvalue weighted by molar-refractivity contribution is 0.796. The molecule has 0 spiro atoms. The van der Waals surface area contributed by atoms with Gasteiger partial charge >= 0.3 is 18.2 Å². The molecule has 0 aliphatic rings. The Labute approximate surface area is 81.9 Å². The highest BCUT2D eigenvalue weighted by molar-refractivity contribution is 7.22. The van der Waals surface area contributed by atoms with Gasteiger partial charge in [-0.25, -0.2) is 0 Å². The molecule has 0 aliphatic carbocycles. The molecule has 3 heteroatoms. The predicted molar refractivity (Wildman–Crippen MR) is 51.6 cm³/mol. The molecule has 0 fully saturated rings. The Hall–Kier alpha value is 1.35. The quantitative estimate of drug-likeness (QED) is 0.472. The van der Waals surface area contributed by atoms with Gasteiger partial charge in [0.2, 0.25) is 0 Å². The lowest BCUT2D eigenvalue weighted by atomic mass is 10.2. The molecular weight excluding hydrogens is 179 g/mol. The van der Waals surface area contributed by atoms with Crippen LogP contribution in [-0.2, 0) is 0 Å². The number of unbranched alkanes of at least 4 members (excludes halogenated alkanes) is 4. The molecule has 0 aromatic carbocycles. The lowest BCUT2D eigenvalue weighted by Gasteiger charge is -1.90. The molecule has 0 heterocycles. The maximum absolute atomic E-state index is 4.90. The molecule has 0 unspecified atom stereocenters. The SMILES string of the molecule is CCC[CH]CCC.[Cl][Mg][Cl]. The molecule has 0 atom stereocenters. The molecule has 0 nitrogen and oxygen atoms in total. The van der Waals surface area contributed by atoms with Crippen LogP contribution in [0.2, 0.25) is 0 Å². The predicted octanol–water partition coefficient (Wildman–Crippen LogP) is 3.79. The van der Waals surface area contributed by atoms with Crippen LogP contribution in [0.1, 0.15) is 39.5 Å². The molecule has 0 saturated carbocycles. The standard InChI is InChI=1S/C7H15.2ClH.Mg/c1-3-5-7-6-4-2;;;/h7H,3-6H2,1-2H3;2*1H;/q;;;+2/p-2. The van der Waals surface area contributed by atoms with Gasteiger partial charge in [0.05, 0.1) is 0 Å². The van der Waals surface area contributed by atoms with Crippen molar-refractivity contribution in [3.05, 3.63) is 6.42 Å². The highest BCUT2D eigenvalue weighted by Crippen LogP contribution is 1.98. The van der Waals surface area contributed by atoms with E-state index in [1.54, 1.807) is 0 Å². The number of hydrogen-bond donors (Lipinski definition) is 0. The minimum atomic E-state index is -0.639. The summed E-state index contributed by atoms with van der Waals surface area (Å²) in [6.07, 6.45) is 7.57. The van der Waals surface area contributed by atoms with Crippen molar-refractivity contribution in [1.29, 1.82) is 0 Å². The Morgan fingerprint density at radius 2 is 1.40 bits per heavy atom. The number of hydrogen-bond acceptors (Lipinski definition) is 0. The van der Waals surface area contributed by atoms with Crippen LogP contribution in [0.25, 0.3) is 0 Å². The third-order valence-electron chi connectivity index (χ3n) is 0.986. The van der Waals surface area contributed by atoms with Crippen LogP contribution in [0, 0.1) is 6.42 Å². The van der Waals surface area contributed by atoms with Crippen LogP contribution in [-0.4, -0.2) is 18.2 Å². The van der Waals surface area contributed by atoms with E-state index in [1.165, 1.54) is 25.7 Å². The Morgan fingerprint density at radius 3 is 1.60 bits per heavy atom. The molecule has 0 N–H and O–H groups in total. The lowest BCUT2D eigenvalue weighted by Crippen LogP contribution is -1.72. The average Bonchev–Trinajstić information content (AvgIpc) is 1.91. The monoisotopic (exact) mass is 193 g/mol. The van der Waals surface area contributed by atoms with Gasteiger partial charge in [-0.1, -0.05) is 39.5 Å².